The van der Waals surface area contributed by atoms with Crippen molar-refractivity contribution >= 4 is 5.97 Å². The lowest BCUT2D eigenvalue weighted by atomic mass is 9.77. The first-order valence-corrected chi connectivity index (χ1v) is 11.1. The van der Waals surface area contributed by atoms with Gasteiger partial charge in [0.2, 0.25) is 0 Å². The summed E-state index contributed by atoms with van der Waals surface area (Å²) < 4.78 is 5.62. The standard InChI is InChI=1S/C24H38O3/c1-2-3-4-5-6-7-15-21(25)16-10-8-13-20-14-9-11-17-22(20)23-18-12-19-24(26)27-23/h8-11,13,16,20-23,25H,2-7,12,14-15,17-19H2,1H3/b13-8+,16-10+/t20-,21?,22-,23?/m0/s1. The van der Waals surface area contributed by atoms with E-state index in [1.807, 2.05) is 12.2 Å². The molecule has 0 radical (unpaired) electrons. The number of aliphatic hydroxyl groups is 1. The number of ether oxygens (including phenoxy) is 1. The number of allylic oxidation sites excluding steroid dienone is 5. The Bertz CT molecular complexity index is 506. The van der Waals surface area contributed by atoms with Crippen molar-refractivity contribution < 1.29 is 14.6 Å². The Morgan fingerprint density at radius 1 is 1.15 bits per heavy atom. The SMILES string of the molecule is CCCCCCCCC(O)/C=C/C=C/[C@H]1CC=CC[C@@H]1C1CCCC(=O)O1. The van der Waals surface area contributed by atoms with E-state index in [1.165, 1.54) is 32.1 Å². The highest BCUT2D eigenvalue weighted by Crippen LogP contribution is 2.34. The Balaban J connectivity index is 1.71. The molecule has 27 heavy (non-hydrogen) atoms. The fraction of sp³-hybridized carbons (Fsp3) is 0.708. The van der Waals surface area contributed by atoms with E-state index >= 15 is 0 Å². The Kier molecular flexibility index (Phi) is 10.5. The summed E-state index contributed by atoms with van der Waals surface area (Å²) in [5.74, 6) is 0.754. The summed E-state index contributed by atoms with van der Waals surface area (Å²) in [5, 5.41) is 10.1. The molecule has 0 spiro atoms. The maximum atomic E-state index is 11.6. The second kappa shape index (κ2) is 12.9. The average Bonchev–Trinajstić information content (AvgIpc) is 2.68. The number of rotatable bonds is 11. The number of hydrogen-bond acceptors (Lipinski definition) is 3. The van der Waals surface area contributed by atoms with Gasteiger partial charge in [-0.05, 0) is 38.0 Å². The van der Waals surface area contributed by atoms with E-state index in [1.54, 1.807) is 0 Å². The predicted octanol–water partition coefficient (Wildman–Crippen LogP) is 5.89. The molecule has 1 N–H and O–H groups in total. The van der Waals surface area contributed by atoms with E-state index in [2.05, 4.69) is 31.2 Å². The van der Waals surface area contributed by atoms with Gasteiger partial charge in [0.25, 0.3) is 0 Å². The minimum Gasteiger partial charge on any atom is -0.462 e. The Labute approximate surface area is 165 Å². The molecule has 0 bridgehead atoms. The zero-order chi connectivity index (χ0) is 19.3. The number of carbonyl (C=O) groups is 1. The number of unbranched alkanes of at least 4 members (excludes halogenated alkanes) is 5. The van der Waals surface area contributed by atoms with Crippen LogP contribution in [0.5, 0.6) is 0 Å². The molecule has 3 nitrogen and oxygen atoms in total. The summed E-state index contributed by atoms with van der Waals surface area (Å²) in [6, 6.07) is 0. The van der Waals surface area contributed by atoms with Crippen LogP contribution in [0.25, 0.3) is 0 Å². The topological polar surface area (TPSA) is 46.5 Å². The minimum atomic E-state index is -0.345. The molecular formula is C24H38O3. The van der Waals surface area contributed by atoms with Gasteiger partial charge in [0.05, 0.1) is 6.10 Å². The Morgan fingerprint density at radius 3 is 2.74 bits per heavy atom. The number of carbonyl (C=O) groups excluding carboxylic acids is 1. The molecular weight excluding hydrogens is 336 g/mol. The molecule has 0 saturated carbocycles. The molecule has 1 saturated heterocycles. The molecule has 0 amide bonds. The zero-order valence-corrected chi connectivity index (χ0v) is 17.0. The fourth-order valence-electron chi connectivity index (χ4n) is 4.17. The van der Waals surface area contributed by atoms with E-state index in [4.69, 9.17) is 4.74 Å². The molecule has 1 aliphatic heterocycles. The van der Waals surface area contributed by atoms with Crippen LogP contribution < -0.4 is 0 Å². The summed E-state index contributed by atoms with van der Waals surface area (Å²) in [7, 11) is 0. The van der Waals surface area contributed by atoms with Crippen molar-refractivity contribution in [2.24, 2.45) is 11.8 Å². The highest BCUT2D eigenvalue weighted by molar-refractivity contribution is 5.70. The molecule has 0 aromatic rings. The first kappa shape index (κ1) is 21.9. The van der Waals surface area contributed by atoms with Crippen LogP contribution in [0.15, 0.2) is 36.5 Å². The number of cyclic esters (lactones) is 1. The Morgan fingerprint density at radius 2 is 1.93 bits per heavy atom. The van der Waals surface area contributed by atoms with Gasteiger partial charge in [-0.1, -0.05) is 81.9 Å². The van der Waals surface area contributed by atoms with E-state index < -0.39 is 0 Å². The van der Waals surface area contributed by atoms with Crippen LogP contribution in [-0.4, -0.2) is 23.3 Å². The summed E-state index contributed by atoms with van der Waals surface area (Å²) >= 11 is 0. The molecule has 152 valence electrons. The van der Waals surface area contributed by atoms with Gasteiger partial charge >= 0.3 is 5.97 Å². The van der Waals surface area contributed by atoms with Gasteiger partial charge in [0.15, 0.2) is 0 Å². The summed E-state index contributed by atoms with van der Waals surface area (Å²) in [6.07, 6.45) is 25.2. The largest absolute Gasteiger partial charge is 0.462 e. The maximum Gasteiger partial charge on any atom is 0.306 e. The predicted molar refractivity (Wildman–Crippen MR) is 111 cm³/mol. The lowest BCUT2D eigenvalue weighted by molar-refractivity contribution is -0.158. The van der Waals surface area contributed by atoms with Gasteiger partial charge in [0.1, 0.15) is 6.10 Å². The van der Waals surface area contributed by atoms with Gasteiger partial charge in [-0.15, -0.1) is 0 Å². The van der Waals surface area contributed by atoms with Crippen molar-refractivity contribution in [1.29, 1.82) is 0 Å². The summed E-state index contributed by atoms with van der Waals surface area (Å²) in [4.78, 5) is 11.6. The monoisotopic (exact) mass is 374 g/mol. The molecule has 1 aliphatic carbocycles. The average molecular weight is 375 g/mol. The quantitative estimate of drug-likeness (QED) is 0.212. The first-order chi connectivity index (χ1) is 13.2. The van der Waals surface area contributed by atoms with E-state index in [0.717, 1.165) is 38.5 Å². The lowest BCUT2D eigenvalue weighted by Crippen LogP contribution is -2.35. The number of hydrogen-bond donors (Lipinski definition) is 1. The lowest BCUT2D eigenvalue weighted by Gasteiger charge is -2.35. The van der Waals surface area contributed by atoms with Crippen LogP contribution in [0.2, 0.25) is 0 Å². The van der Waals surface area contributed by atoms with E-state index in [9.17, 15) is 9.90 Å². The Hall–Kier alpha value is -1.35. The van der Waals surface area contributed by atoms with Crippen molar-refractivity contribution in [3.63, 3.8) is 0 Å². The van der Waals surface area contributed by atoms with Crippen molar-refractivity contribution in [2.75, 3.05) is 0 Å². The van der Waals surface area contributed by atoms with Crippen molar-refractivity contribution in [2.45, 2.75) is 96.2 Å². The van der Waals surface area contributed by atoms with Gasteiger partial charge < -0.3 is 9.84 Å². The van der Waals surface area contributed by atoms with Crippen molar-refractivity contribution in [3.05, 3.63) is 36.5 Å². The van der Waals surface area contributed by atoms with Gasteiger partial charge in [-0.2, -0.15) is 0 Å². The van der Waals surface area contributed by atoms with E-state index in [-0.39, 0.29) is 18.2 Å². The second-order valence-corrected chi connectivity index (χ2v) is 8.08. The molecule has 2 aliphatic rings. The van der Waals surface area contributed by atoms with Crippen molar-refractivity contribution in [3.8, 4) is 0 Å². The third-order valence-corrected chi connectivity index (χ3v) is 5.82. The second-order valence-electron chi connectivity index (χ2n) is 8.08. The van der Waals surface area contributed by atoms with Crippen LogP contribution in [0.4, 0.5) is 0 Å². The van der Waals surface area contributed by atoms with Crippen LogP contribution in [0.3, 0.4) is 0 Å². The van der Waals surface area contributed by atoms with Gasteiger partial charge in [0, 0.05) is 12.3 Å². The molecule has 0 aromatic carbocycles. The molecule has 2 rings (SSSR count). The third-order valence-electron chi connectivity index (χ3n) is 5.82. The summed E-state index contributed by atoms with van der Waals surface area (Å²) in [5.41, 5.74) is 0. The molecule has 1 fully saturated rings. The fourth-order valence-corrected chi connectivity index (χ4v) is 4.17. The van der Waals surface area contributed by atoms with Gasteiger partial charge in [-0.25, -0.2) is 0 Å². The highest BCUT2D eigenvalue weighted by Gasteiger charge is 2.33. The van der Waals surface area contributed by atoms with Crippen LogP contribution in [-0.2, 0) is 9.53 Å². The molecule has 2 unspecified atom stereocenters. The molecule has 1 heterocycles. The maximum absolute atomic E-state index is 11.6. The van der Waals surface area contributed by atoms with Crippen LogP contribution in [0.1, 0.15) is 84.0 Å². The van der Waals surface area contributed by atoms with Crippen molar-refractivity contribution in [1.82, 2.24) is 0 Å². The number of esters is 1. The van der Waals surface area contributed by atoms with Crippen LogP contribution in [0, 0.1) is 11.8 Å². The molecule has 4 atom stereocenters. The zero-order valence-electron chi connectivity index (χ0n) is 17.0. The first-order valence-electron chi connectivity index (χ1n) is 11.1. The molecule has 3 heteroatoms. The number of aliphatic hydroxyl groups excluding tert-OH is 1. The molecule has 0 aromatic heterocycles. The minimum absolute atomic E-state index is 0.0405. The smallest absolute Gasteiger partial charge is 0.306 e. The van der Waals surface area contributed by atoms with E-state index in [0.29, 0.717) is 18.3 Å². The highest BCUT2D eigenvalue weighted by atomic mass is 16.5. The normalized spacial score (nSPS) is 27.3. The van der Waals surface area contributed by atoms with Gasteiger partial charge in [-0.3, -0.25) is 4.79 Å². The van der Waals surface area contributed by atoms with Crippen LogP contribution >= 0.6 is 0 Å². The summed E-state index contributed by atoms with van der Waals surface area (Å²) in [6.45, 7) is 2.23. The third kappa shape index (κ3) is 8.47.